The molecule has 1 atom stereocenters. The molecule has 1 heterocycles. The van der Waals surface area contributed by atoms with Crippen molar-refractivity contribution in [3.8, 4) is 0 Å². The van der Waals surface area contributed by atoms with Crippen LogP contribution in [0.5, 0.6) is 0 Å². The molecule has 2 rings (SSSR count). The van der Waals surface area contributed by atoms with Gasteiger partial charge in [0.2, 0.25) is 0 Å². The zero-order chi connectivity index (χ0) is 14.5. The number of aromatic nitrogens is 2. The van der Waals surface area contributed by atoms with Crippen LogP contribution in [0.3, 0.4) is 0 Å². The van der Waals surface area contributed by atoms with Crippen LogP contribution in [-0.2, 0) is 6.54 Å². The van der Waals surface area contributed by atoms with Crippen molar-refractivity contribution in [1.82, 2.24) is 19.8 Å². The molecule has 1 fully saturated rings. The Balaban J connectivity index is 1.84. The molecule has 4 heteroatoms. The Bertz CT molecular complexity index is 391. The maximum absolute atomic E-state index is 4.30. The fourth-order valence-corrected chi connectivity index (χ4v) is 3.10. The maximum atomic E-state index is 4.30. The number of hydrogen-bond donors (Lipinski definition) is 1. The lowest BCUT2D eigenvalue weighted by Crippen LogP contribution is -2.43. The van der Waals surface area contributed by atoms with E-state index in [0.29, 0.717) is 6.04 Å². The van der Waals surface area contributed by atoms with Gasteiger partial charge in [0.05, 0.1) is 12.0 Å². The third kappa shape index (κ3) is 3.83. The molecule has 0 aromatic carbocycles. The highest BCUT2D eigenvalue weighted by Gasteiger charge is 2.25. The third-order valence-electron chi connectivity index (χ3n) is 4.60. The molecule has 4 nitrogen and oxygen atoms in total. The summed E-state index contributed by atoms with van der Waals surface area (Å²) in [7, 11) is 4.39. The zero-order valence-electron chi connectivity index (χ0n) is 13.5. The van der Waals surface area contributed by atoms with E-state index in [4.69, 9.17) is 0 Å². The van der Waals surface area contributed by atoms with Gasteiger partial charge in [0.1, 0.15) is 0 Å². The van der Waals surface area contributed by atoms with Gasteiger partial charge in [0.15, 0.2) is 0 Å². The van der Waals surface area contributed by atoms with Gasteiger partial charge in [-0.15, -0.1) is 0 Å². The van der Waals surface area contributed by atoms with E-state index in [1.165, 1.54) is 31.4 Å². The lowest BCUT2D eigenvalue weighted by Gasteiger charge is -2.31. The second-order valence-electron chi connectivity index (χ2n) is 6.26. The van der Waals surface area contributed by atoms with Crippen LogP contribution in [0.2, 0.25) is 0 Å². The highest BCUT2D eigenvalue weighted by Crippen LogP contribution is 2.35. The summed E-state index contributed by atoms with van der Waals surface area (Å²) in [5, 5.41) is 3.64. The standard InChI is InChI=1S/C16H30N4/c1-5-13(6-2)16(19(3)4)11-17-9-15-10-18-12-20(15)14-7-8-14/h10,12-14,16-17H,5-9,11H2,1-4H3. The van der Waals surface area contributed by atoms with E-state index in [1.54, 1.807) is 0 Å². The van der Waals surface area contributed by atoms with Gasteiger partial charge in [-0.1, -0.05) is 26.7 Å². The lowest BCUT2D eigenvalue weighted by atomic mass is 9.93. The molecule has 1 saturated carbocycles. The minimum atomic E-state index is 0.613. The van der Waals surface area contributed by atoms with E-state index in [2.05, 4.69) is 47.7 Å². The van der Waals surface area contributed by atoms with Crippen molar-refractivity contribution < 1.29 is 0 Å². The third-order valence-corrected chi connectivity index (χ3v) is 4.60. The highest BCUT2D eigenvalue weighted by atomic mass is 15.1. The summed E-state index contributed by atoms with van der Waals surface area (Å²) in [4.78, 5) is 6.66. The summed E-state index contributed by atoms with van der Waals surface area (Å²) in [6.45, 7) is 6.58. The van der Waals surface area contributed by atoms with E-state index in [0.717, 1.165) is 25.0 Å². The van der Waals surface area contributed by atoms with Gasteiger partial charge in [0.25, 0.3) is 0 Å². The number of nitrogens with zero attached hydrogens (tertiary/aromatic N) is 3. The number of likely N-dealkylation sites (N-methyl/N-ethyl adjacent to an activating group) is 1. The molecule has 0 saturated heterocycles. The highest BCUT2D eigenvalue weighted by molar-refractivity contribution is 5.03. The molecule has 20 heavy (non-hydrogen) atoms. The fourth-order valence-electron chi connectivity index (χ4n) is 3.10. The Morgan fingerprint density at radius 2 is 2.05 bits per heavy atom. The summed E-state index contributed by atoms with van der Waals surface area (Å²) in [5.74, 6) is 0.769. The Hall–Kier alpha value is -0.870. The average Bonchev–Trinajstić information content (AvgIpc) is 3.17. The Morgan fingerprint density at radius 3 is 2.60 bits per heavy atom. The molecule has 114 valence electrons. The second-order valence-corrected chi connectivity index (χ2v) is 6.26. The first-order valence-corrected chi connectivity index (χ1v) is 8.05. The first-order chi connectivity index (χ1) is 9.67. The number of hydrogen-bond acceptors (Lipinski definition) is 3. The minimum Gasteiger partial charge on any atom is -0.330 e. The van der Waals surface area contributed by atoms with Crippen molar-refractivity contribution in [2.24, 2.45) is 5.92 Å². The Labute approximate surface area is 123 Å². The average molecular weight is 278 g/mol. The van der Waals surface area contributed by atoms with Crippen molar-refractivity contribution in [2.75, 3.05) is 20.6 Å². The summed E-state index contributed by atoms with van der Waals surface area (Å²) in [6.07, 6.45) is 9.13. The molecule has 1 aliphatic rings. The van der Waals surface area contributed by atoms with E-state index >= 15 is 0 Å². The van der Waals surface area contributed by atoms with Gasteiger partial charge >= 0.3 is 0 Å². The molecule has 0 aliphatic heterocycles. The summed E-state index contributed by atoms with van der Waals surface area (Å²) < 4.78 is 2.34. The zero-order valence-corrected chi connectivity index (χ0v) is 13.5. The monoisotopic (exact) mass is 278 g/mol. The quantitative estimate of drug-likeness (QED) is 0.754. The molecule has 1 aliphatic carbocycles. The fraction of sp³-hybridized carbons (Fsp3) is 0.812. The summed E-state index contributed by atoms with van der Waals surface area (Å²) in [5.41, 5.74) is 1.33. The Kier molecular flexibility index (Phi) is 5.61. The van der Waals surface area contributed by atoms with Crippen LogP contribution in [0, 0.1) is 5.92 Å². The maximum Gasteiger partial charge on any atom is 0.0951 e. The molecule has 0 spiro atoms. The van der Waals surface area contributed by atoms with Crippen LogP contribution in [0.25, 0.3) is 0 Å². The van der Waals surface area contributed by atoms with E-state index in [1.807, 2.05) is 12.5 Å². The summed E-state index contributed by atoms with van der Waals surface area (Å²) in [6, 6.07) is 1.33. The van der Waals surface area contributed by atoms with Crippen molar-refractivity contribution >= 4 is 0 Å². The largest absolute Gasteiger partial charge is 0.330 e. The van der Waals surface area contributed by atoms with Gasteiger partial charge < -0.3 is 14.8 Å². The predicted octanol–water partition coefficient (Wildman–Crippen LogP) is 2.67. The first-order valence-electron chi connectivity index (χ1n) is 8.05. The number of imidazole rings is 1. The Morgan fingerprint density at radius 1 is 1.35 bits per heavy atom. The molecular weight excluding hydrogens is 248 g/mol. The SMILES string of the molecule is CCC(CC)C(CNCc1cncn1C1CC1)N(C)C. The van der Waals surface area contributed by atoms with Crippen LogP contribution in [0.4, 0.5) is 0 Å². The van der Waals surface area contributed by atoms with Crippen molar-refractivity contribution in [3.05, 3.63) is 18.2 Å². The molecule has 1 N–H and O–H groups in total. The predicted molar refractivity (Wildman–Crippen MR) is 83.8 cm³/mol. The number of nitrogens with one attached hydrogen (secondary N) is 1. The van der Waals surface area contributed by atoms with Crippen molar-refractivity contribution in [2.45, 2.75) is 58.2 Å². The van der Waals surface area contributed by atoms with Crippen molar-refractivity contribution in [3.63, 3.8) is 0 Å². The molecule has 0 amide bonds. The van der Waals surface area contributed by atoms with Crippen LogP contribution < -0.4 is 5.32 Å². The van der Waals surface area contributed by atoms with Gasteiger partial charge in [-0.3, -0.25) is 0 Å². The van der Waals surface area contributed by atoms with E-state index in [-0.39, 0.29) is 0 Å². The molecule has 1 aromatic rings. The van der Waals surface area contributed by atoms with Crippen LogP contribution >= 0.6 is 0 Å². The first kappa shape index (κ1) is 15.5. The van der Waals surface area contributed by atoms with Gasteiger partial charge in [-0.2, -0.15) is 0 Å². The van der Waals surface area contributed by atoms with Gasteiger partial charge in [0, 0.05) is 31.4 Å². The van der Waals surface area contributed by atoms with Gasteiger partial charge in [-0.25, -0.2) is 4.98 Å². The summed E-state index contributed by atoms with van der Waals surface area (Å²) >= 11 is 0. The number of rotatable bonds is 9. The smallest absolute Gasteiger partial charge is 0.0951 e. The molecule has 0 bridgehead atoms. The normalized spacial score (nSPS) is 17.1. The van der Waals surface area contributed by atoms with Crippen molar-refractivity contribution in [1.29, 1.82) is 0 Å². The molecule has 0 radical (unpaired) electrons. The molecular formula is C16H30N4. The van der Waals surface area contributed by atoms with E-state index < -0.39 is 0 Å². The minimum absolute atomic E-state index is 0.613. The van der Waals surface area contributed by atoms with E-state index in [9.17, 15) is 0 Å². The second kappa shape index (κ2) is 7.23. The molecule has 1 unspecified atom stereocenters. The van der Waals surface area contributed by atoms with Crippen LogP contribution in [0.15, 0.2) is 12.5 Å². The van der Waals surface area contributed by atoms with Gasteiger partial charge in [-0.05, 0) is 32.9 Å². The lowest BCUT2D eigenvalue weighted by molar-refractivity contribution is 0.193. The van der Waals surface area contributed by atoms with Crippen LogP contribution in [0.1, 0.15) is 51.3 Å². The molecule has 1 aromatic heterocycles. The topological polar surface area (TPSA) is 33.1 Å². The van der Waals surface area contributed by atoms with Crippen LogP contribution in [-0.4, -0.2) is 41.1 Å².